The Balaban J connectivity index is 0.00000242. The van der Waals surface area contributed by atoms with E-state index in [0.29, 0.717) is 0 Å². The maximum absolute atomic E-state index is 5.88. The van der Waals surface area contributed by atoms with Crippen LogP contribution in [0.5, 0.6) is 0 Å². The van der Waals surface area contributed by atoms with E-state index in [1.807, 2.05) is 19.2 Å². The number of rotatable bonds is 5. The highest BCUT2D eigenvalue weighted by atomic mass is 127. The van der Waals surface area contributed by atoms with Crippen LogP contribution in [0.2, 0.25) is 5.02 Å². The summed E-state index contributed by atoms with van der Waals surface area (Å²) in [5, 5.41) is 7.56. The lowest BCUT2D eigenvalue weighted by molar-refractivity contribution is 0.394. The first kappa shape index (κ1) is 19.5. The van der Waals surface area contributed by atoms with Crippen molar-refractivity contribution in [3.05, 3.63) is 34.9 Å². The summed E-state index contributed by atoms with van der Waals surface area (Å²) >= 11 is 5.88. The van der Waals surface area contributed by atoms with Crippen LogP contribution in [0.4, 0.5) is 0 Å². The summed E-state index contributed by atoms with van der Waals surface area (Å²) in [6.45, 7) is 4.24. The Morgan fingerprint density at radius 3 is 2.64 bits per heavy atom. The lowest BCUT2D eigenvalue weighted by atomic mass is 10.1. The minimum absolute atomic E-state index is 0. The molecule has 0 bridgehead atoms. The lowest BCUT2D eigenvalue weighted by Crippen LogP contribution is -2.41. The van der Waals surface area contributed by atoms with Gasteiger partial charge in [-0.2, -0.15) is 0 Å². The first-order chi connectivity index (χ1) is 10.2. The minimum atomic E-state index is 0. The molecular formula is C16H26ClIN4. The van der Waals surface area contributed by atoms with E-state index in [4.69, 9.17) is 11.6 Å². The quantitative estimate of drug-likeness (QED) is 0.423. The van der Waals surface area contributed by atoms with Crippen molar-refractivity contribution in [1.82, 2.24) is 15.5 Å². The highest BCUT2D eigenvalue weighted by molar-refractivity contribution is 14.0. The predicted octanol–water partition coefficient (Wildman–Crippen LogP) is 2.62. The van der Waals surface area contributed by atoms with Gasteiger partial charge in [0.05, 0.1) is 0 Å². The summed E-state index contributed by atoms with van der Waals surface area (Å²) in [4.78, 5) is 6.65. The largest absolute Gasteiger partial charge is 0.356 e. The molecule has 1 aromatic rings. The maximum Gasteiger partial charge on any atom is 0.190 e. The molecule has 6 heteroatoms. The monoisotopic (exact) mass is 436 g/mol. The van der Waals surface area contributed by atoms with E-state index in [-0.39, 0.29) is 24.0 Å². The Bertz CT molecular complexity index is 464. The van der Waals surface area contributed by atoms with Crippen molar-refractivity contribution in [3.63, 3.8) is 0 Å². The van der Waals surface area contributed by atoms with E-state index in [0.717, 1.165) is 36.4 Å². The molecule has 2 rings (SSSR count). The average molecular weight is 437 g/mol. The molecule has 1 aromatic carbocycles. The van der Waals surface area contributed by atoms with Crippen molar-refractivity contribution in [2.24, 2.45) is 10.9 Å². The standard InChI is InChI=1S/C16H25ClN4.HI/c1-18-16(20-11-14-8-10-21(2)12-14)19-9-7-13-3-5-15(17)6-4-13;/h3-6,14H,7-12H2,1-2H3,(H2,18,19,20);1H. The molecule has 1 heterocycles. The van der Waals surface area contributed by atoms with Gasteiger partial charge < -0.3 is 15.5 Å². The molecule has 0 spiro atoms. The van der Waals surface area contributed by atoms with E-state index in [9.17, 15) is 0 Å². The molecule has 22 heavy (non-hydrogen) atoms. The van der Waals surface area contributed by atoms with E-state index in [2.05, 4.69) is 39.7 Å². The second kappa shape index (κ2) is 10.3. The highest BCUT2D eigenvalue weighted by Crippen LogP contribution is 2.12. The zero-order valence-electron chi connectivity index (χ0n) is 13.3. The number of halogens is 2. The van der Waals surface area contributed by atoms with Crippen LogP contribution >= 0.6 is 35.6 Å². The molecule has 4 nitrogen and oxygen atoms in total. The van der Waals surface area contributed by atoms with Crippen LogP contribution in [0.1, 0.15) is 12.0 Å². The van der Waals surface area contributed by atoms with Crippen molar-refractivity contribution in [2.45, 2.75) is 12.8 Å². The van der Waals surface area contributed by atoms with Gasteiger partial charge in [0.25, 0.3) is 0 Å². The second-order valence-electron chi connectivity index (χ2n) is 5.67. The van der Waals surface area contributed by atoms with Gasteiger partial charge in [-0.15, -0.1) is 24.0 Å². The summed E-state index contributed by atoms with van der Waals surface area (Å²) < 4.78 is 0. The molecule has 2 N–H and O–H groups in total. The van der Waals surface area contributed by atoms with Crippen LogP contribution in [-0.4, -0.2) is 51.1 Å². The van der Waals surface area contributed by atoms with Gasteiger partial charge in [-0.05, 0) is 50.0 Å². The van der Waals surface area contributed by atoms with Gasteiger partial charge in [0.2, 0.25) is 0 Å². The van der Waals surface area contributed by atoms with Crippen LogP contribution < -0.4 is 10.6 Å². The molecule has 1 atom stereocenters. The van der Waals surface area contributed by atoms with Crippen molar-refractivity contribution < 1.29 is 0 Å². The fraction of sp³-hybridized carbons (Fsp3) is 0.562. The molecule has 0 aromatic heterocycles. The Morgan fingerprint density at radius 2 is 2.05 bits per heavy atom. The Hall–Kier alpha value is -0.530. The summed E-state index contributed by atoms with van der Waals surface area (Å²) in [5.41, 5.74) is 1.28. The molecular weight excluding hydrogens is 411 g/mol. The smallest absolute Gasteiger partial charge is 0.190 e. The first-order valence-corrected chi connectivity index (χ1v) is 7.92. The zero-order valence-corrected chi connectivity index (χ0v) is 16.4. The summed E-state index contributed by atoms with van der Waals surface area (Å²) in [6.07, 6.45) is 2.23. The normalized spacial score (nSPS) is 18.9. The van der Waals surface area contributed by atoms with Crippen molar-refractivity contribution in [3.8, 4) is 0 Å². The molecule has 0 aliphatic carbocycles. The second-order valence-corrected chi connectivity index (χ2v) is 6.11. The zero-order chi connectivity index (χ0) is 15.1. The SMILES string of the molecule is CN=C(NCCc1ccc(Cl)cc1)NCC1CCN(C)C1.I. The number of likely N-dealkylation sites (tertiary alicyclic amines) is 1. The van der Waals surface area contributed by atoms with E-state index >= 15 is 0 Å². The predicted molar refractivity (Wildman–Crippen MR) is 106 cm³/mol. The summed E-state index contributed by atoms with van der Waals surface area (Å²) in [5.74, 6) is 1.61. The van der Waals surface area contributed by atoms with Crippen LogP contribution in [0.15, 0.2) is 29.3 Å². The summed E-state index contributed by atoms with van der Waals surface area (Å²) in [6, 6.07) is 7.99. The molecule has 0 amide bonds. The average Bonchev–Trinajstić information content (AvgIpc) is 2.90. The number of benzene rings is 1. The molecule has 1 unspecified atom stereocenters. The Morgan fingerprint density at radius 1 is 1.32 bits per heavy atom. The van der Waals surface area contributed by atoms with Gasteiger partial charge in [-0.25, -0.2) is 0 Å². The summed E-state index contributed by atoms with van der Waals surface area (Å²) in [7, 11) is 4.00. The fourth-order valence-corrected chi connectivity index (χ4v) is 2.76. The number of nitrogens with zero attached hydrogens (tertiary/aromatic N) is 2. The fourth-order valence-electron chi connectivity index (χ4n) is 2.63. The van der Waals surface area contributed by atoms with Gasteiger partial charge in [0, 0.05) is 31.7 Å². The van der Waals surface area contributed by atoms with Gasteiger partial charge in [-0.3, -0.25) is 4.99 Å². The van der Waals surface area contributed by atoms with Gasteiger partial charge >= 0.3 is 0 Å². The van der Waals surface area contributed by atoms with E-state index in [1.54, 1.807) is 0 Å². The maximum atomic E-state index is 5.88. The molecule has 1 aliphatic rings. The molecule has 0 saturated carbocycles. The Kier molecular flexibility index (Phi) is 9.12. The van der Waals surface area contributed by atoms with E-state index < -0.39 is 0 Å². The van der Waals surface area contributed by atoms with Gasteiger partial charge in [0.15, 0.2) is 5.96 Å². The van der Waals surface area contributed by atoms with Crippen LogP contribution in [0.25, 0.3) is 0 Å². The molecule has 1 aliphatic heterocycles. The third-order valence-electron chi connectivity index (χ3n) is 3.89. The van der Waals surface area contributed by atoms with Crippen LogP contribution in [0, 0.1) is 5.92 Å². The number of hydrogen-bond donors (Lipinski definition) is 2. The highest BCUT2D eigenvalue weighted by Gasteiger charge is 2.19. The molecule has 124 valence electrons. The minimum Gasteiger partial charge on any atom is -0.356 e. The van der Waals surface area contributed by atoms with Crippen molar-refractivity contribution in [1.29, 1.82) is 0 Å². The lowest BCUT2D eigenvalue weighted by Gasteiger charge is -2.15. The molecule has 0 radical (unpaired) electrons. The van der Waals surface area contributed by atoms with Gasteiger partial charge in [-0.1, -0.05) is 23.7 Å². The third-order valence-corrected chi connectivity index (χ3v) is 4.14. The van der Waals surface area contributed by atoms with Crippen molar-refractivity contribution >= 4 is 41.5 Å². The van der Waals surface area contributed by atoms with Gasteiger partial charge in [0.1, 0.15) is 0 Å². The molecule has 1 fully saturated rings. The number of nitrogens with one attached hydrogen (secondary N) is 2. The molecule has 1 saturated heterocycles. The van der Waals surface area contributed by atoms with E-state index in [1.165, 1.54) is 25.1 Å². The number of aliphatic imine (C=N–C) groups is 1. The topological polar surface area (TPSA) is 39.7 Å². The number of guanidine groups is 1. The van der Waals surface area contributed by atoms with Crippen molar-refractivity contribution in [2.75, 3.05) is 40.3 Å². The third kappa shape index (κ3) is 6.71. The van der Waals surface area contributed by atoms with Crippen LogP contribution in [0.3, 0.4) is 0 Å². The number of hydrogen-bond acceptors (Lipinski definition) is 2. The first-order valence-electron chi connectivity index (χ1n) is 7.55. The Labute approximate surface area is 155 Å². The van der Waals surface area contributed by atoms with Crippen LogP contribution in [-0.2, 0) is 6.42 Å².